The Bertz CT molecular complexity index is 363. The van der Waals surface area contributed by atoms with Gasteiger partial charge >= 0.3 is 0 Å². The zero-order valence-corrected chi connectivity index (χ0v) is 10.3. The highest BCUT2D eigenvalue weighted by Gasteiger charge is 2.22. The summed E-state index contributed by atoms with van der Waals surface area (Å²) in [5.41, 5.74) is 0.800. The molecule has 1 aliphatic heterocycles. The van der Waals surface area contributed by atoms with Gasteiger partial charge in [-0.15, -0.1) is 22.9 Å². The molecule has 0 saturated carbocycles. The van der Waals surface area contributed by atoms with Crippen LogP contribution in [0.15, 0.2) is 5.38 Å². The molecular weight excluding hydrogens is 248 g/mol. The van der Waals surface area contributed by atoms with Crippen LogP contribution in [0.2, 0.25) is 0 Å². The number of hydrogen-bond acceptors (Lipinski definition) is 4. The number of hydrogen-bond donors (Lipinski definition) is 1. The molecule has 1 N–H and O–H groups in total. The second kappa shape index (κ2) is 5.61. The maximum Gasteiger partial charge on any atom is 0.229 e. The Morgan fingerprint density at radius 1 is 1.62 bits per heavy atom. The van der Waals surface area contributed by atoms with Crippen LogP contribution in [0.4, 0.5) is 5.13 Å². The number of alkyl halides is 1. The predicted octanol–water partition coefficient (Wildman–Crippen LogP) is 2.25. The molecule has 0 bridgehead atoms. The van der Waals surface area contributed by atoms with Crippen molar-refractivity contribution < 1.29 is 9.53 Å². The molecule has 2 rings (SSSR count). The quantitative estimate of drug-likeness (QED) is 0.848. The van der Waals surface area contributed by atoms with Gasteiger partial charge in [0.25, 0.3) is 0 Å². The van der Waals surface area contributed by atoms with E-state index in [2.05, 4.69) is 10.3 Å². The van der Waals surface area contributed by atoms with Gasteiger partial charge in [-0.25, -0.2) is 4.98 Å². The first kappa shape index (κ1) is 11.8. The Balaban J connectivity index is 1.90. The van der Waals surface area contributed by atoms with Crippen molar-refractivity contribution in [3.05, 3.63) is 11.1 Å². The highest BCUT2D eigenvalue weighted by molar-refractivity contribution is 7.13. The standard InChI is InChI=1S/C10H13ClN2O2S/c11-5-8-6-16-10(12-8)13-9(14)7-1-3-15-4-2-7/h6-7H,1-5H2,(H,12,13,14). The number of nitrogens with one attached hydrogen (secondary N) is 1. The summed E-state index contributed by atoms with van der Waals surface area (Å²) >= 11 is 7.05. The molecule has 0 aromatic carbocycles. The van der Waals surface area contributed by atoms with E-state index in [1.807, 2.05) is 5.38 Å². The van der Waals surface area contributed by atoms with E-state index in [0.717, 1.165) is 18.5 Å². The molecule has 2 heterocycles. The van der Waals surface area contributed by atoms with E-state index in [1.54, 1.807) is 0 Å². The molecule has 16 heavy (non-hydrogen) atoms. The third-order valence-electron chi connectivity index (χ3n) is 2.51. The third kappa shape index (κ3) is 2.93. The van der Waals surface area contributed by atoms with Gasteiger partial charge in [0.2, 0.25) is 5.91 Å². The summed E-state index contributed by atoms with van der Waals surface area (Å²) in [4.78, 5) is 16.0. The largest absolute Gasteiger partial charge is 0.381 e. The van der Waals surface area contributed by atoms with Gasteiger partial charge in [0.1, 0.15) is 0 Å². The number of halogens is 1. The molecule has 6 heteroatoms. The summed E-state index contributed by atoms with van der Waals surface area (Å²) in [6, 6.07) is 0. The van der Waals surface area contributed by atoms with Crippen molar-refractivity contribution in [2.45, 2.75) is 18.7 Å². The molecule has 1 aromatic heterocycles. The molecule has 1 fully saturated rings. The van der Waals surface area contributed by atoms with Crippen LogP contribution in [0, 0.1) is 5.92 Å². The van der Waals surface area contributed by atoms with Crippen molar-refractivity contribution in [2.24, 2.45) is 5.92 Å². The SMILES string of the molecule is O=C(Nc1nc(CCl)cs1)C1CCOCC1. The second-order valence-corrected chi connectivity index (χ2v) is 4.78. The van der Waals surface area contributed by atoms with Gasteiger partial charge in [0.05, 0.1) is 11.6 Å². The van der Waals surface area contributed by atoms with Gasteiger partial charge in [0, 0.05) is 24.5 Å². The van der Waals surface area contributed by atoms with Crippen molar-refractivity contribution >= 4 is 34.0 Å². The highest BCUT2D eigenvalue weighted by atomic mass is 35.5. The van der Waals surface area contributed by atoms with Gasteiger partial charge in [0.15, 0.2) is 5.13 Å². The molecule has 1 saturated heterocycles. The molecule has 0 radical (unpaired) electrons. The van der Waals surface area contributed by atoms with Crippen LogP contribution in [0.1, 0.15) is 18.5 Å². The minimum absolute atomic E-state index is 0.0405. The predicted molar refractivity (Wildman–Crippen MR) is 63.8 cm³/mol. The topological polar surface area (TPSA) is 51.2 Å². The van der Waals surface area contributed by atoms with Crippen molar-refractivity contribution in [2.75, 3.05) is 18.5 Å². The third-order valence-corrected chi connectivity index (χ3v) is 3.59. The minimum atomic E-state index is 0.0405. The van der Waals surface area contributed by atoms with Crippen molar-refractivity contribution in [1.82, 2.24) is 4.98 Å². The fraction of sp³-hybridized carbons (Fsp3) is 0.600. The molecule has 0 spiro atoms. The monoisotopic (exact) mass is 260 g/mol. The number of rotatable bonds is 3. The fourth-order valence-corrected chi connectivity index (χ4v) is 2.53. The summed E-state index contributed by atoms with van der Waals surface area (Å²) in [6.45, 7) is 1.34. The van der Waals surface area contributed by atoms with Crippen LogP contribution in [0.25, 0.3) is 0 Å². The van der Waals surface area contributed by atoms with Crippen molar-refractivity contribution in [1.29, 1.82) is 0 Å². The van der Waals surface area contributed by atoms with Gasteiger partial charge in [-0.3, -0.25) is 4.79 Å². The lowest BCUT2D eigenvalue weighted by atomic mass is 10.00. The normalized spacial score (nSPS) is 17.3. The highest BCUT2D eigenvalue weighted by Crippen LogP contribution is 2.20. The molecular formula is C10H13ClN2O2S. The summed E-state index contributed by atoms with van der Waals surface area (Å²) in [6.07, 6.45) is 1.58. The Morgan fingerprint density at radius 2 is 2.38 bits per heavy atom. The van der Waals surface area contributed by atoms with E-state index in [1.165, 1.54) is 11.3 Å². The van der Waals surface area contributed by atoms with Gasteiger partial charge in [-0.2, -0.15) is 0 Å². The van der Waals surface area contributed by atoms with Crippen LogP contribution in [0.3, 0.4) is 0 Å². The fourth-order valence-electron chi connectivity index (χ4n) is 1.59. The van der Waals surface area contributed by atoms with Gasteiger partial charge in [-0.05, 0) is 12.8 Å². The number of nitrogens with zero attached hydrogens (tertiary/aromatic N) is 1. The van der Waals surface area contributed by atoms with Crippen molar-refractivity contribution in [3.63, 3.8) is 0 Å². The van der Waals surface area contributed by atoms with Gasteiger partial charge in [-0.1, -0.05) is 0 Å². The molecule has 0 unspecified atom stereocenters. The first-order valence-electron chi connectivity index (χ1n) is 5.18. The number of carbonyl (C=O) groups excluding carboxylic acids is 1. The first-order valence-corrected chi connectivity index (χ1v) is 6.60. The van der Waals surface area contributed by atoms with Crippen LogP contribution in [0.5, 0.6) is 0 Å². The number of amides is 1. The lowest BCUT2D eigenvalue weighted by molar-refractivity contribution is -0.122. The molecule has 1 aromatic rings. The Labute approximate surface area is 103 Å². The van der Waals surface area contributed by atoms with Crippen LogP contribution >= 0.6 is 22.9 Å². The number of aromatic nitrogens is 1. The average molecular weight is 261 g/mol. The van der Waals surface area contributed by atoms with E-state index in [-0.39, 0.29) is 11.8 Å². The van der Waals surface area contributed by atoms with E-state index in [9.17, 15) is 4.79 Å². The Hall–Kier alpha value is -0.650. The molecule has 1 aliphatic rings. The van der Waals surface area contributed by atoms with E-state index in [4.69, 9.17) is 16.3 Å². The number of carbonyl (C=O) groups is 1. The second-order valence-electron chi connectivity index (χ2n) is 3.65. The van der Waals surface area contributed by atoms with E-state index < -0.39 is 0 Å². The van der Waals surface area contributed by atoms with Gasteiger partial charge < -0.3 is 10.1 Å². The minimum Gasteiger partial charge on any atom is -0.381 e. The zero-order chi connectivity index (χ0) is 11.4. The number of ether oxygens (including phenoxy) is 1. The molecule has 0 atom stereocenters. The Morgan fingerprint density at radius 3 is 3.00 bits per heavy atom. The van der Waals surface area contributed by atoms with E-state index >= 15 is 0 Å². The molecule has 0 aliphatic carbocycles. The molecule has 88 valence electrons. The lowest BCUT2D eigenvalue weighted by Gasteiger charge is -2.20. The Kier molecular flexibility index (Phi) is 4.15. The van der Waals surface area contributed by atoms with Crippen LogP contribution in [-0.2, 0) is 15.4 Å². The van der Waals surface area contributed by atoms with E-state index in [0.29, 0.717) is 24.2 Å². The van der Waals surface area contributed by atoms with Crippen LogP contribution < -0.4 is 5.32 Å². The zero-order valence-electron chi connectivity index (χ0n) is 8.74. The first-order chi connectivity index (χ1) is 7.79. The summed E-state index contributed by atoms with van der Waals surface area (Å²) in [5, 5.41) is 5.31. The van der Waals surface area contributed by atoms with Crippen LogP contribution in [-0.4, -0.2) is 24.1 Å². The summed E-state index contributed by atoms with van der Waals surface area (Å²) in [7, 11) is 0. The molecule has 1 amide bonds. The summed E-state index contributed by atoms with van der Waals surface area (Å²) in [5.74, 6) is 0.472. The number of anilines is 1. The maximum absolute atomic E-state index is 11.8. The summed E-state index contributed by atoms with van der Waals surface area (Å²) < 4.78 is 5.21. The average Bonchev–Trinajstić information content (AvgIpc) is 2.78. The maximum atomic E-state index is 11.8. The number of thiazole rings is 1. The lowest BCUT2D eigenvalue weighted by Crippen LogP contribution is -2.28. The van der Waals surface area contributed by atoms with Crippen molar-refractivity contribution in [3.8, 4) is 0 Å². The molecule has 4 nitrogen and oxygen atoms in total. The smallest absolute Gasteiger partial charge is 0.229 e.